The van der Waals surface area contributed by atoms with Crippen molar-refractivity contribution in [1.29, 1.82) is 0 Å². The molecule has 2 rings (SSSR count). The van der Waals surface area contributed by atoms with Crippen LogP contribution < -0.4 is 5.32 Å². The molecule has 0 aliphatic heterocycles. The molecule has 0 fully saturated rings. The molecule has 1 unspecified atom stereocenters. The quantitative estimate of drug-likeness (QED) is 0.596. The predicted molar refractivity (Wildman–Crippen MR) is 126 cm³/mol. The number of rotatable bonds is 8. The molecule has 1 N–H and O–H groups in total. The number of hydrogen-bond acceptors (Lipinski definition) is 3. The van der Waals surface area contributed by atoms with Crippen LogP contribution in [0.3, 0.4) is 0 Å². The van der Waals surface area contributed by atoms with Crippen molar-refractivity contribution in [3.8, 4) is 0 Å². The minimum absolute atomic E-state index is 0.0296. The molecule has 1 atom stereocenters. The van der Waals surface area contributed by atoms with E-state index in [9.17, 15) is 9.59 Å². The van der Waals surface area contributed by atoms with Crippen LogP contribution in [0.2, 0.25) is 0 Å². The number of carbonyl (C=O) groups excluding carboxylic acids is 2. The summed E-state index contributed by atoms with van der Waals surface area (Å²) in [7, 11) is 0. The van der Waals surface area contributed by atoms with Crippen molar-refractivity contribution in [1.82, 2.24) is 10.2 Å². The van der Waals surface area contributed by atoms with Crippen LogP contribution >= 0.6 is 11.8 Å². The fourth-order valence-electron chi connectivity index (χ4n) is 3.24. The molecule has 0 spiro atoms. The van der Waals surface area contributed by atoms with Gasteiger partial charge >= 0.3 is 0 Å². The number of nitrogens with one attached hydrogen (secondary N) is 1. The Balaban J connectivity index is 2.22. The Morgan fingerprint density at radius 2 is 1.70 bits per heavy atom. The molecule has 0 saturated heterocycles. The second-order valence-corrected chi connectivity index (χ2v) is 9.82. The summed E-state index contributed by atoms with van der Waals surface area (Å²) in [5, 5.41) is 3.04. The van der Waals surface area contributed by atoms with E-state index in [2.05, 4.69) is 11.4 Å². The van der Waals surface area contributed by atoms with Gasteiger partial charge in [-0.15, -0.1) is 11.8 Å². The number of aryl methyl sites for hydroxylation is 2. The Morgan fingerprint density at radius 3 is 2.27 bits per heavy atom. The highest BCUT2D eigenvalue weighted by atomic mass is 32.2. The van der Waals surface area contributed by atoms with Crippen LogP contribution in [0.4, 0.5) is 0 Å². The largest absolute Gasteiger partial charge is 0.350 e. The molecule has 162 valence electrons. The fourth-order valence-corrected chi connectivity index (χ4v) is 4.03. The van der Waals surface area contributed by atoms with Crippen LogP contribution in [0, 0.1) is 13.8 Å². The number of benzene rings is 2. The maximum atomic E-state index is 13.3. The van der Waals surface area contributed by atoms with Gasteiger partial charge in [0.1, 0.15) is 6.04 Å². The molecule has 2 amide bonds. The highest BCUT2D eigenvalue weighted by Crippen LogP contribution is 2.21. The third-order valence-corrected chi connectivity index (χ3v) is 5.70. The number of amides is 2. The van der Waals surface area contributed by atoms with E-state index in [1.807, 2.05) is 84.0 Å². The Kier molecular flexibility index (Phi) is 8.54. The Labute approximate surface area is 185 Å². The summed E-state index contributed by atoms with van der Waals surface area (Å²) >= 11 is 1.51. The van der Waals surface area contributed by atoms with Gasteiger partial charge in [0, 0.05) is 17.0 Å². The van der Waals surface area contributed by atoms with Crippen LogP contribution in [-0.2, 0) is 16.1 Å². The summed E-state index contributed by atoms with van der Waals surface area (Å²) in [5.74, 6) is 0.165. The molecule has 2 aromatic carbocycles. The number of hydrogen-bond donors (Lipinski definition) is 1. The van der Waals surface area contributed by atoms with Crippen molar-refractivity contribution in [3.05, 3.63) is 65.2 Å². The molecule has 0 aromatic heterocycles. The minimum atomic E-state index is -0.504. The lowest BCUT2D eigenvalue weighted by atomic mass is 10.1. The van der Waals surface area contributed by atoms with Gasteiger partial charge in [0.25, 0.3) is 0 Å². The standard InChI is InChI=1S/C25H34N2O2S/c1-7-22(24(29)26-25(4,5)6)27(16-20-10-8-9-19(3)15-20)23(28)17-30-21-13-11-18(2)12-14-21/h8-15,22H,7,16-17H2,1-6H3,(H,26,29). The molecule has 2 aromatic rings. The average Bonchev–Trinajstić information content (AvgIpc) is 2.66. The average molecular weight is 427 g/mol. The second-order valence-electron chi connectivity index (χ2n) is 8.78. The zero-order chi connectivity index (χ0) is 22.3. The number of nitrogens with zero attached hydrogens (tertiary/aromatic N) is 1. The van der Waals surface area contributed by atoms with Gasteiger partial charge in [0.2, 0.25) is 11.8 Å². The lowest BCUT2D eigenvalue weighted by Crippen LogP contribution is -2.53. The van der Waals surface area contributed by atoms with Crippen molar-refractivity contribution < 1.29 is 9.59 Å². The molecular weight excluding hydrogens is 392 g/mol. The maximum Gasteiger partial charge on any atom is 0.243 e. The molecule has 0 radical (unpaired) electrons. The topological polar surface area (TPSA) is 49.4 Å². The molecule has 0 bridgehead atoms. The van der Waals surface area contributed by atoms with E-state index >= 15 is 0 Å². The highest BCUT2D eigenvalue weighted by Gasteiger charge is 2.30. The summed E-state index contributed by atoms with van der Waals surface area (Å²) in [6.07, 6.45) is 0.564. The van der Waals surface area contributed by atoms with Gasteiger partial charge in [-0.1, -0.05) is 54.4 Å². The van der Waals surface area contributed by atoms with Gasteiger partial charge in [-0.05, 0) is 58.7 Å². The van der Waals surface area contributed by atoms with E-state index in [1.165, 1.54) is 17.3 Å². The van der Waals surface area contributed by atoms with Crippen molar-refractivity contribution in [2.24, 2.45) is 0 Å². The molecule has 0 aliphatic carbocycles. The van der Waals surface area contributed by atoms with Crippen LogP contribution in [0.15, 0.2) is 53.4 Å². The number of carbonyl (C=O) groups is 2. The maximum absolute atomic E-state index is 13.3. The van der Waals surface area contributed by atoms with E-state index in [-0.39, 0.29) is 17.4 Å². The van der Waals surface area contributed by atoms with E-state index in [0.717, 1.165) is 16.0 Å². The third-order valence-electron chi connectivity index (χ3n) is 4.70. The van der Waals surface area contributed by atoms with Crippen molar-refractivity contribution in [2.45, 2.75) is 71.0 Å². The lowest BCUT2D eigenvalue weighted by Gasteiger charge is -2.33. The summed E-state index contributed by atoms with van der Waals surface area (Å²) < 4.78 is 0. The Bertz CT molecular complexity index is 856. The molecule has 0 saturated carbocycles. The smallest absolute Gasteiger partial charge is 0.243 e. The van der Waals surface area contributed by atoms with Crippen LogP contribution in [0.1, 0.15) is 50.8 Å². The summed E-state index contributed by atoms with van der Waals surface area (Å²) in [4.78, 5) is 29.0. The highest BCUT2D eigenvalue weighted by molar-refractivity contribution is 8.00. The first-order valence-corrected chi connectivity index (χ1v) is 11.4. The Hall–Kier alpha value is -2.27. The zero-order valence-electron chi connectivity index (χ0n) is 19.0. The first-order chi connectivity index (χ1) is 14.1. The second kappa shape index (κ2) is 10.7. The van der Waals surface area contributed by atoms with Crippen molar-refractivity contribution in [3.63, 3.8) is 0 Å². The molecule has 5 heteroatoms. The fraction of sp³-hybridized carbons (Fsp3) is 0.440. The number of thioether (sulfide) groups is 1. The monoisotopic (exact) mass is 426 g/mol. The van der Waals surface area contributed by atoms with Gasteiger partial charge in [-0.3, -0.25) is 9.59 Å². The van der Waals surface area contributed by atoms with Gasteiger partial charge in [0.15, 0.2) is 0 Å². The first kappa shape index (κ1) is 24.0. The summed E-state index contributed by atoms with van der Waals surface area (Å²) in [6.45, 7) is 12.3. The minimum Gasteiger partial charge on any atom is -0.350 e. The molecule has 0 heterocycles. The van der Waals surface area contributed by atoms with E-state index in [1.54, 1.807) is 4.90 Å². The zero-order valence-corrected chi connectivity index (χ0v) is 19.8. The van der Waals surface area contributed by atoms with Gasteiger partial charge in [-0.2, -0.15) is 0 Å². The molecule has 30 heavy (non-hydrogen) atoms. The lowest BCUT2D eigenvalue weighted by molar-refractivity contribution is -0.140. The normalized spacial score (nSPS) is 12.3. The molecule has 4 nitrogen and oxygen atoms in total. The summed E-state index contributed by atoms with van der Waals surface area (Å²) in [6, 6.07) is 15.7. The summed E-state index contributed by atoms with van der Waals surface area (Å²) in [5.41, 5.74) is 3.02. The van der Waals surface area contributed by atoms with Gasteiger partial charge < -0.3 is 10.2 Å². The van der Waals surface area contributed by atoms with Crippen LogP contribution in [0.25, 0.3) is 0 Å². The van der Waals surface area contributed by atoms with Crippen LogP contribution in [0.5, 0.6) is 0 Å². The van der Waals surface area contributed by atoms with E-state index < -0.39 is 6.04 Å². The Morgan fingerprint density at radius 1 is 1.03 bits per heavy atom. The van der Waals surface area contributed by atoms with E-state index in [0.29, 0.717) is 18.7 Å². The van der Waals surface area contributed by atoms with E-state index in [4.69, 9.17) is 0 Å². The first-order valence-electron chi connectivity index (χ1n) is 10.5. The van der Waals surface area contributed by atoms with Crippen molar-refractivity contribution >= 4 is 23.6 Å². The SMILES string of the molecule is CCC(C(=O)NC(C)(C)C)N(Cc1cccc(C)c1)C(=O)CSc1ccc(C)cc1. The van der Waals surface area contributed by atoms with Crippen LogP contribution in [-0.4, -0.2) is 34.0 Å². The van der Waals surface area contributed by atoms with Gasteiger partial charge in [0.05, 0.1) is 5.75 Å². The van der Waals surface area contributed by atoms with Gasteiger partial charge in [-0.25, -0.2) is 0 Å². The molecule has 0 aliphatic rings. The molecular formula is C25H34N2O2S. The van der Waals surface area contributed by atoms with Crippen molar-refractivity contribution in [2.75, 3.05) is 5.75 Å². The third kappa shape index (κ3) is 7.52. The predicted octanol–water partition coefficient (Wildman–Crippen LogP) is 5.12.